The standard InChI is InChI=1S/C47H26N4/c48-27-30-22-33(45-35(29-50)24-31(28-49)25-44(45)51-42-20-10-8-14-36(42)37-15-9-11-21-43(37)51)26-34(23-30)47-40-18-6-4-16-38(40)46(32-12-2-1-3-13-32)39-17-5-7-19-41(39)47/h1-26H. The van der Waals surface area contributed by atoms with Gasteiger partial charge in [0.2, 0.25) is 0 Å². The summed E-state index contributed by atoms with van der Waals surface area (Å²) in [7, 11) is 0. The Morgan fingerprint density at radius 2 is 0.784 bits per heavy atom. The maximum absolute atomic E-state index is 10.6. The van der Waals surface area contributed by atoms with E-state index in [0.29, 0.717) is 27.9 Å². The van der Waals surface area contributed by atoms with Crippen molar-refractivity contribution in [3.05, 3.63) is 174 Å². The summed E-state index contributed by atoms with van der Waals surface area (Å²) in [5.41, 5.74) is 9.43. The Labute approximate surface area is 294 Å². The van der Waals surface area contributed by atoms with Crippen molar-refractivity contribution in [3.8, 4) is 57.3 Å². The number of aromatic nitrogens is 1. The fraction of sp³-hybridized carbons (Fsp3) is 0. The number of rotatable bonds is 4. The van der Waals surface area contributed by atoms with Gasteiger partial charge in [-0.05, 0) is 91.8 Å². The lowest BCUT2D eigenvalue weighted by Crippen LogP contribution is -2.01. The van der Waals surface area contributed by atoms with E-state index in [-0.39, 0.29) is 0 Å². The molecule has 0 saturated heterocycles. The predicted octanol–water partition coefficient (Wildman–Crippen LogP) is 11.7. The van der Waals surface area contributed by atoms with E-state index >= 15 is 0 Å². The minimum atomic E-state index is 0.362. The third-order valence-corrected chi connectivity index (χ3v) is 9.82. The van der Waals surface area contributed by atoms with E-state index in [1.807, 2.05) is 48.5 Å². The van der Waals surface area contributed by atoms with Gasteiger partial charge in [0.15, 0.2) is 0 Å². The SMILES string of the molecule is N#Cc1cc(-c2c(C#N)cc(C#N)cc2-n2c3ccccc3c3ccccc32)cc(-c2c3ccccc3c(-c3ccccc3)c3ccccc23)c1. The number of fused-ring (bicyclic) bond motifs is 5. The van der Waals surface area contributed by atoms with Crippen molar-refractivity contribution < 1.29 is 0 Å². The second-order valence-corrected chi connectivity index (χ2v) is 12.6. The number of benzene rings is 8. The molecule has 8 aromatic carbocycles. The maximum Gasteiger partial charge on any atom is 0.0999 e. The molecular formula is C47H26N4. The molecule has 1 heterocycles. The molecule has 0 amide bonds. The number of hydrogen-bond donors (Lipinski definition) is 0. The fourth-order valence-corrected chi connectivity index (χ4v) is 7.78. The van der Waals surface area contributed by atoms with E-state index in [4.69, 9.17) is 0 Å². The zero-order chi connectivity index (χ0) is 34.5. The number of nitriles is 3. The van der Waals surface area contributed by atoms with E-state index in [0.717, 1.165) is 71.2 Å². The Bertz CT molecular complexity index is 2890. The summed E-state index contributed by atoms with van der Waals surface area (Å²) in [6.07, 6.45) is 0. The Kier molecular flexibility index (Phi) is 6.93. The molecule has 0 spiro atoms. The van der Waals surface area contributed by atoms with E-state index in [1.165, 1.54) is 0 Å². The molecule has 4 nitrogen and oxygen atoms in total. The lowest BCUT2D eigenvalue weighted by atomic mass is 9.84. The first-order valence-corrected chi connectivity index (χ1v) is 16.7. The van der Waals surface area contributed by atoms with Crippen LogP contribution in [0.5, 0.6) is 0 Å². The lowest BCUT2D eigenvalue weighted by molar-refractivity contribution is 1.17. The summed E-state index contributed by atoms with van der Waals surface area (Å²) in [5, 5.41) is 37.8. The monoisotopic (exact) mass is 646 g/mol. The molecule has 0 bridgehead atoms. The van der Waals surface area contributed by atoms with Crippen LogP contribution >= 0.6 is 0 Å². The molecule has 0 aliphatic heterocycles. The summed E-state index contributed by atoms with van der Waals surface area (Å²) in [4.78, 5) is 0. The molecule has 9 aromatic rings. The van der Waals surface area contributed by atoms with Crippen LogP contribution in [-0.2, 0) is 0 Å². The predicted molar refractivity (Wildman–Crippen MR) is 206 cm³/mol. The molecule has 0 aliphatic rings. The molecule has 0 aliphatic carbocycles. The minimum absolute atomic E-state index is 0.362. The third-order valence-electron chi connectivity index (χ3n) is 9.82. The zero-order valence-electron chi connectivity index (χ0n) is 27.3. The van der Waals surface area contributed by atoms with Gasteiger partial charge >= 0.3 is 0 Å². The molecule has 1 aromatic heterocycles. The summed E-state index contributed by atoms with van der Waals surface area (Å²) < 4.78 is 2.14. The highest BCUT2D eigenvalue weighted by Gasteiger charge is 2.22. The first kappa shape index (κ1) is 29.7. The number of hydrogen-bond acceptors (Lipinski definition) is 3. The van der Waals surface area contributed by atoms with Gasteiger partial charge in [0.05, 0.1) is 51.6 Å². The summed E-state index contributed by atoms with van der Waals surface area (Å²) in [6.45, 7) is 0. The Morgan fingerprint density at radius 3 is 1.29 bits per heavy atom. The van der Waals surface area contributed by atoms with Crippen LogP contribution in [0.25, 0.3) is 82.4 Å². The van der Waals surface area contributed by atoms with Crippen molar-refractivity contribution in [3.63, 3.8) is 0 Å². The smallest absolute Gasteiger partial charge is 0.0999 e. The average molecular weight is 647 g/mol. The van der Waals surface area contributed by atoms with Gasteiger partial charge in [-0.15, -0.1) is 0 Å². The van der Waals surface area contributed by atoms with Gasteiger partial charge in [-0.25, -0.2) is 0 Å². The molecule has 0 radical (unpaired) electrons. The Hall–Kier alpha value is -7.45. The summed E-state index contributed by atoms with van der Waals surface area (Å²) in [5.74, 6) is 0. The fourth-order valence-electron chi connectivity index (χ4n) is 7.78. The highest BCUT2D eigenvalue weighted by Crippen LogP contribution is 2.45. The van der Waals surface area contributed by atoms with E-state index in [2.05, 4.69) is 126 Å². The van der Waals surface area contributed by atoms with Crippen LogP contribution in [0.4, 0.5) is 0 Å². The van der Waals surface area contributed by atoms with Crippen LogP contribution in [0.3, 0.4) is 0 Å². The number of nitrogens with zero attached hydrogens (tertiary/aromatic N) is 4. The van der Waals surface area contributed by atoms with Crippen LogP contribution in [0.1, 0.15) is 16.7 Å². The second-order valence-electron chi connectivity index (χ2n) is 12.6. The van der Waals surface area contributed by atoms with Gasteiger partial charge in [-0.1, -0.05) is 115 Å². The van der Waals surface area contributed by atoms with Gasteiger partial charge < -0.3 is 4.57 Å². The van der Waals surface area contributed by atoms with Crippen molar-refractivity contribution in [1.29, 1.82) is 15.8 Å². The lowest BCUT2D eigenvalue weighted by Gasteiger charge is -2.20. The van der Waals surface area contributed by atoms with E-state index < -0.39 is 0 Å². The van der Waals surface area contributed by atoms with Crippen molar-refractivity contribution >= 4 is 43.4 Å². The first-order valence-electron chi connectivity index (χ1n) is 16.7. The minimum Gasteiger partial charge on any atom is -0.309 e. The summed E-state index contributed by atoms with van der Waals surface area (Å²) >= 11 is 0. The topological polar surface area (TPSA) is 76.3 Å². The van der Waals surface area contributed by atoms with Crippen LogP contribution in [-0.4, -0.2) is 4.57 Å². The molecule has 234 valence electrons. The first-order chi connectivity index (χ1) is 25.2. The Morgan fingerprint density at radius 1 is 0.353 bits per heavy atom. The van der Waals surface area contributed by atoms with E-state index in [9.17, 15) is 15.8 Å². The molecule has 0 unspecified atom stereocenters. The normalized spacial score (nSPS) is 11.1. The van der Waals surface area contributed by atoms with Gasteiger partial charge in [-0.3, -0.25) is 0 Å². The molecule has 0 saturated carbocycles. The second kappa shape index (κ2) is 11.9. The highest BCUT2D eigenvalue weighted by molar-refractivity contribution is 6.21. The molecule has 4 heteroatoms. The van der Waals surface area contributed by atoms with Crippen LogP contribution in [0, 0.1) is 34.0 Å². The molecule has 0 fully saturated rings. The third kappa shape index (κ3) is 4.66. The zero-order valence-corrected chi connectivity index (χ0v) is 27.3. The number of para-hydroxylation sites is 2. The van der Waals surface area contributed by atoms with Gasteiger partial charge in [-0.2, -0.15) is 15.8 Å². The largest absolute Gasteiger partial charge is 0.309 e. The molecule has 0 N–H and O–H groups in total. The Balaban J connectivity index is 1.40. The van der Waals surface area contributed by atoms with E-state index in [1.54, 1.807) is 6.07 Å². The van der Waals surface area contributed by atoms with Crippen molar-refractivity contribution in [2.45, 2.75) is 0 Å². The molecular weight excluding hydrogens is 621 g/mol. The molecule has 9 rings (SSSR count). The van der Waals surface area contributed by atoms with Gasteiger partial charge in [0.1, 0.15) is 0 Å². The summed E-state index contributed by atoms with van der Waals surface area (Å²) in [6, 6.07) is 60.2. The highest BCUT2D eigenvalue weighted by atomic mass is 15.0. The van der Waals surface area contributed by atoms with Crippen molar-refractivity contribution in [1.82, 2.24) is 4.57 Å². The average Bonchev–Trinajstić information content (AvgIpc) is 3.53. The maximum atomic E-state index is 10.6. The molecule has 51 heavy (non-hydrogen) atoms. The van der Waals surface area contributed by atoms with Gasteiger partial charge in [0.25, 0.3) is 0 Å². The quantitative estimate of drug-likeness (QED) is 0.179. The van der Waals surface area contributed by atoms with Gasteiger partial charge in [0, 0.05) is 16.3 Å². The van der Waals surface area contributed by atoms with Crippen LogP contribution in [0.15, 0.2) is 158 Å². The van der Waals surface area contributed by atoms with Crippen molar-refractivity contribution in [2.75, 3.05) is 0 Å². The van der Waals surface area contributed by atoms with Crippen LogP contribution < -0.4 is 0 Å². The van der Waals surface area contributed by atoms with Crippen LogP contribution in [0.2, 0.25) is 0 Å². The molecule has 0 atom stereocenters. The van der Waals surface area contributed by atoms with Crippen molar-refractivity contribution in [2.24, 2.45) is 0 Å².